The van der Waals surface area contributed by atoms with Gasteiger partial charge in [0, 0.05) is 47.8 Å². The maximum absolute atomic E-state index is 10.5. The van der Waals surface area contributed by atoms with Gasteiger partial charge in [-0.05, 0) is 62.4 Å². The van der Waals surface area contributed by atoms with Gasteiger partial charge >= 0.3 is 0 Å². The standard InChI is InChI=1S/C21H38N4O3S.2ClH/c1-18(2)10-14(11-19(3,4)24(18)9)27-16-17(23-29-22-16)28-15-12-20(5,6)25(26)21(7,8)13-15;;/h14-15,26H,10-13H2,1-9H3;2*1H. The van der Waals surface area contributed by atoms with Crippen LogP contribution >= 0.6 is 36.5 Å². The number of hydrogen-bond donors (Lipinski definition) is 1. The maximum atomic E-state index is 10.5. The Morgan fingerprint density at radius 2 is 1.06 bits per heavy atom. The second-order valence-corrected chi connectivity index (χ2v) is 11.8. The quantitative estimate of drug-likeness (QED) is 0.611. The van der Waals surface area contributed by atoms with Crippen molar-refractivity contribution in [2.24, 2.45) is 0 Å². The molecule has 0 aliphatic carbocycles. The molecule has 2 aliphatic heterocycles. The molecule has 7 nitrogen and oxygen atoms in total. The molecule has 3 rings (SSSR count). The molecule has 3 heterocycles. The number of ether oxygens (including phenoxy) is 2. The van der Waals surface area contributed by atoms with E-state index in [2.05, 4.69) is 48.4 Å². The maximum Gasteiger partial charge on any atom is 0.291 e. The van der Waals surface area contributed by atoms with Crippen molar-refractivity contribution in [3.05, 3.63) is 0 Å². The highest BCUT2D eigenvalue weighted by atomic mass is 35.5. The van der Waals surface area contributed by atoms with Crippen LogP contribution in [0.25, 0.3) is 0 Å². The van der Waals surface area contributed by atoms with E-state index in [1.165, 1.54) is 5.06 Å². The number of piperidine rings is 2. The molecule has 0 bridgehead atoms. The van der Waals surface area contributed by atoms with Gasteiger partial charge in [-0.15, -0.1) is 33.6 Å². The van der Waals surface area contributed by atoms with Crippen molar-refractivity contribution in [1.29, 1.82) is 0 Å². The molecule has 10 heteroatoms. The highest BCUT2D eigenvalue weighted by molar-refractivity contribution is 6.99. The topological polar surface area (TPSA) is 71.0 Å². The second-order valence-electron chi connectivity index (χ2n) is 11.3. The lowest BCUT2D eigenvalue weighted by Gasteiger charge is -2.53. The van der Waals surface area contributed by atoms with Crippen molar-refractivity contribution in [2.45, 2.75) is 115 Å². The van der Waals surface area contributed by atoms with Gasteiger partial charge in [0.1, 0.15) is 12.2 Å². The fourth-order valence-electron chi connectivity index (χ4n) is 5.26. The average molecular weight is 500 g/mol. The number of hydroxylamine groups is 2. The molecule has 1 aromatic rings. The van der Waals surface area contributed by atoms with Gasteiger partial charge < -0.3 is 14.7 Å². The summed E-state index contributed by atoms with van der Waals surface area (Å²) in [7, 11) is 2.19. The summed E-state index contributed by atoms with van der Waals surface area (Å²) in [6, 6.07) is 0. The van der Waals surface area contributed by atoms with Gasteiger partial charge in [-0.3, -0.25) is 4.90 Å². The molecule has 1 aromatic heterocycles. The van der Waals surface area contributed by atoms with Crippen LogP contribution in [0.1, 0.15) is 81.1 Å². The van der Waals surface area contributed by atoms with Crippen molar-refractivity contribution < 1.29 is 14.7 Å². The molecule has 2 saturated heterocycles. The van der Waals surface area contributed by atoms with Crippen LogP contribution in [-0.4, -0.2) is 65.3 Å². The van der Waals surface area contributed by atoms with Crippen molar-refractivity contribution in [2.75, 3.05) is 7.05 Å². The minimum atomic E-state index is -0.376. The van der Waals surface area contributed by atoms with Gasteiger partial charge in [-0.25, -0.2) is 0 Å². The molecule has 182 valence electrons. The summed E-state index contributed by atoms with van der Waals surface area (Å²) in [4.78, 5) is 2.43. The van der Waals surface area contributed by atoms with Crippen LogP contribution in [0.3, 0.4) is 0 Å². The molecule has 1 N–H and O–H groups in total. The zero-order valence-electron chi connectivity index (χ0n) is 20.3. The van der Waals surface area contributed by atoms with Crippen LogP contribution in [-0.2, 0) is 0 Å². The van der Waals surface area contributed by atoms with E-state index in [1.807, 2.05) is 27.7 Å². The smallest absolute Gasteiger partial charge is 0.291 e. The number of likely N-dealkylation sites (tertiary alicyclic amines) is 1. The van der Waals surface area contributed by atoms with E-state index in [9.17, 15) is 5.21 Å². The molecule has 31 heavy (non-hydrogen) atoms. The van der Waals surface area contributed by atoms with Crippen LogP contribution in [0.15, 0.2) is 0 Å². The Morgan fingerprint density at radius 3 is 1.42 bits per heavy atom. The van der Waals surface area contributed by atoms with Crippen molar-refractivity contribution >= 4 is 36.5 Å². The lowest BCUT2D eigenvalue weighted by Crippen LogP contribution is -2.61. The summed E-state index contributed by atoms with van der Waals surface area (Å²) in [5, 5.41) is 12.0. The number of nitrogens with zero attached hydrogens (tertiary/aromatic N) is 4. The van der Waals surface area contributed by atoms with Crippen LogP contribution in [0, 0.1) is 0 Å². The summed E-state index contributed by atoms with van der Waals surface area (Å²) >= 11 is 1.12. The van der Waals surface area contributed by atoms with Gasteiger partial charge in [0.25, 0.3) is 11.8 Å². The monoisotopic (exact) mass is 498 g/mol. The van der Waals surface area contributed by atoms with E-state index in [0.717, 1.165) is 24.6 Å². The SMILES string of the molecule is CN1C(C)(C)CC(Oc2nsnc2OC2CC(C)(C)N(O)C(C)(C)C2)CC1(C)C.Cl.Cl. The van der Waals surface area contributed by atoms with E-state index in [0.29, 0.717) is 24.6 Å². The second kappa shape index (κ2) is 9.47. The number of halogens is 2. The fraction of sp³-hybridized carbons (Fsp3) is 0.905. The lowest BCUT2D eigenvalue weighted by atomic mass is 9.79. The molecule has 0 spiro atoms. The minimum Gasteiger partial charge on any atom is -0.470 e. The first-order valence-electron chi connectivity index (χ1n) is 10.5. The normalized spacial score (nSPS) is 25.9. The largest absolute Gasteiger partial charge is 0.470 e. The summed E-state index contributed by atoms with van der Waals surface area (Å²) in [6.45, 7) is 17.2. The Bertz CT molecular complexity index is 647. The first kappa shape index (κ1) is 28.7. The predicted molar refractivity (Wildman–Crippen MR) is 129 cm³/mol. The first-order valence-corrected chi connectivity index (χ1v) is 11.3. The summed E-state index contributed by atoms with van der Waals surface area (Å²) in [5.41, 5.74) is -0.671. The molecule has 0 unspecified atom stereocenters. The van der Waals surface area contributed by atoms with E-state index in [1.54, 1.807) is 0 Å². The molecule has 2 fully saturated rings. The first-order chi connectivity index (χ1) is 13.1. The molecule has 0 radical (unpaired) electrons. The Morgan fingerprint density at radius 1 is 0.742 bits per heavy atom. The predicted octanol–water partition coefficient (Wildman–Crippen LogP) is 5.20. The Kier molecular flexibility index (Phi) is 8.75. The molecule has 0 amide bonds. The zero-order valence-corrected chi connectivity index (χ0v) is 22.7. The van der Waals surface area contributed by atoms with Crippen molar-refractivity contribution in [3.8, 4) is 11.8 Å². The molecular formula is C21H40Cl2N4O3S. The van der Waals surface area contributed by atoms with Gasteiger partial charge in [-0.2, -0.15) is 5.06 Å². The van der Waals surface area contributed by atoms with Crippen LogP contribution in [0.2, 0.25) is 0 Å². The van der Waals surface area contributed by atoms with Crippen LogP contribution in [0.4, 0.5) is 0 Å². The van der Waals surface area contributed by atoms with Crippen molar-refractivity contribution in [1.82, 2.24) is 18.7 Å². The van der Waals surface area contributed by atoms with E-state index >= 15 is 0 Å². The van der Waals surface area contributed by atoms with E-state index in [-0.39, 0.29) is 59.2 Å². The Hall–Kier alpha value is -0.380. The van der Waals surface area contributed by atoms with Crippen molar-refractivity contribution in [3.63, 3.8) is 0 Å². The number of rotatable bonds is 4. The lowest BCUT2D eigenvalue weighted by molar-refractivity contribution is -0.255. The van der Waals surface area contributed by atoms with Crippen LogP contribution < -0.4 is 9.47 Å². The highest BCUT2D eigenvalue weighted by Gasteiger charge is 2.47. The third-order valence-electron chi connectivity index (χ3n) is 6.86. The highest BCUT2D eigenvalue weighted by Crippen LogP contribution is 2.41. The van der Waals surface area contributed by atoms with E-state index in [4.69, 9.17) is 9.47 Å². The molecule has 0 aromatic carbocycles. The summed E-state index contributed by atoms with van der Waals surface area (Å²) < 4.78 is 21.4. The molecule has 0 atom stereocenters. The fourth-order valence-corrected chi connectivity index (χ4v) is 5.69. The van der Waals surface area contributed by atoms with Gasteiger partial charge in [0.2, 0.25) is 0 Å². The molecule has 2 aliphatic rings. The van der Waals surface area contributed by atoms with Gasteiger partial charge in [0.15, 0.2) is 0 Å². The summed E-state index contributed by atoms with van der Waals surface area (Å²) in [5.74, 6) is 0.978. The Labute approximate surface area is 204 Å². The van der Waals surface area contributed by atoms with E-state index < -0.39 is 0 Å². The third-order valence-corrected chi connectivity index (χ3v) is 7.35. The third kappa shape index (κ3) is 5.95. The zero-order chi connectivity index (χ0) is 21.8. The van der Waals surface area contributed by atoms with Crippen LogP contribution in [0.5, 0.6) is 11.8 Å². The number of hydrogen-bond acceptors (Lipinski definition) is 8. The summed E-state index contributed by atoms with van der Waals surface area (Å²) in [6.07, 6.45) is 3.27. The number of aromatic nitrogens is 2. The Balaban J connectivity index is 0.00000240. The molecule has 0 saturated carbocycles. The average Bonchev–Trinajstić information content (AvgIpc) is 2.96. The van der Waals surface area contributed by atoms with Gasteiger partial charge in [-0.1, -0.05) is 0 Å². The van der Waals surface area contributed by atoms with Gasteiger partial charge in [0.05, 0.1) is 11.7 Å². The minimum absolute atomic E-state index is 0. The molecular weight excluding hydrogens is 459 g/mol.